The van der Waals surface area contributed by atoms with Crippen molar-refractivity contribution >= 4 is 5.97 Å². The van der Waals surface area contributed by atoms with Crippen molar-refractivity contribution < 1.29 is 22.7 Å². The fraction of sp³-hybridized carbons (Fsp3) is 0.273. The van der Waals surface area contributed by atoms with E-state index in [1.165, 1.54) is 6.07 Å². The molecule has 0 spiro atoms. The predicted molar refractivity (Wildman–Crippen MR) is 52.0 cm³/mol. The van der Waals surface area contributed by atoms with Crippen LogP contribution in [0.1, 0.15) is 34.8 Å². The van der Waals surface area contributed by atoms with Crippen molar-refractivity contribution in [2.24, 2.45) is 0 Å². The van der Waals surface area contributed by atoms with Crippen molar-refractivity contribution in [1.82, 2.24) is 0 Å². The van der Waals surface area contributed by atoms with Gasteiger partial charge in [-0.15, -0.1) is 0 Å². The number of halogens is 3. The van der Waals surface area contributed by atoms with E-state index in [0.29, 0.717) is 6.07 Å². The molecule has 0 aromatic heterocycles. The van der Waals surface area contributed by atoms with Gasteiger partial charge in [0, 0.05) is 0 Å². The van der Waals surface area contributed by atoms with Gasteiger partial charge in [-0.25, -0.2) is 18.0 Å². The molecule has 90 valence electrons. The van der Waals surface area contributed by atoms with Crippen molar-refractivity contribution in [2.45, 2.75) is 13.3 Å². The maximum atomic E-state index is 13.3. The van der Waals surface area contributed by atoms with Crippen LogP contribution in [0, 0.1) is 17.1 Å². The van der Waals surface area contributed by atoms with E-state index in [1.54, 1.807) is 6.92 Å². The third-order valence-corrected chi connectivity index (χ3v) is 1.97. The summed E-state index contributed by atoms with van der Waals surface area (Å²) in [4.78, 5) is 11.3. The van der Waals surface area contributed by atoms with E-state index >= 15 is 0 Å². The Hall–Kier alpha value is -2.03. The number of hydrogen-bond acceptors (Lipinski definition) is 3. The number of nitriles is 1. The van der Waals surface area contributed by atoms with Crippen LogP contribution in [-0.4, -0.2) is 12.6 Å². The molecule has 17 heavy (non-hydrogen) atoms. The van der Waals surface area contributed by atoms with Gasteiger partial charge in [-0.05, 0) is 19.1 Å². The molecule has 0 atom stereocenters. The van der Waals surface area contributed by atoms with Gasteiger partial charge < -0.3 is 4.74 Å². The van der Waals surface area contributed by atoms with Gasteiger partial charge in [0.15, 0.2) is 0 Å². The second kappa shape index (κ2) is 5.34. The Bertz CT molecular complexity index is 480. The molecule has 1 aromatic carbocycles. The highest BCUT2D eigenvalue weighted by molar-refractivity contribution is 5.90. The minimum atomic E-state index is -3.10. The number of esters is 1. The van der Waals surface area contributed by atoms with Gasteiger partial charge in [-0.3, -0.25) is 0 Å². The van der Waals surface area contributed by atoms with Crippen molar-refractivity contribution in [3.63, 3.8) is 0 Å². The maximum absolute atomic E-state index is 13.3. The lowest BCUT2D eigenvalue weighted by atomic mass is 10.1. The zero-order valence-corrected chi connectivity index (χ0v) is 8.84. The molecule has 3 nitrogen and oxygen atoms in total. The lowest BCUT2D eigenvalue weighted by molar-refractivity contribution is 0.0525. The fourth-order valence-corrected chi connectivity index (χ4v) is 1.22. The summed E-state index contributed by atoms with van der Waals surface area (Å²) in [6.07, 6.45) is -3.10. The first-order chi connectivity index (χ1) is 8.01. The molecule has 0 aliphatic heterocycles. The van der Waals surface area contributed by atoms with Gasteiger partial charge in [-0.2, -0.15) is 5.26 Å². The molecule has 0 N–H and O–H groups in total. The molecule has 0 saturated heterocycles. The molecule has 0 amide bonds. The van der Waals surface area contributed by atoms with Gasteiger partial charge in [-0.1, -0.05) is 0 Å². The molecule has 0 bridgehead atoms. The van der Waals surface area contributed by atoms with Crippen LogP contribution >= 0.6 is 0 Å². The van der Waals surface area contributed by atoms with Crippen LogP contribution in [0.25, 0.3) is 0 Å². The first kappa shape index (κ1) is 13.0. The Kier molecular flexibility index (Phi) is 4.10. The topological polar surface area (TPSA) is 50.1 Å². The Morgan fingerprint density at radius 3 is 2.65 bits per heavy atom. The molecule has 0 saturated carbocycles. The molecule has 0 fully saturated rings. The number of benzene rings is 1. The normalized spacial score (nSPS) is 10.1. The number of nitrogens with zero attached hydrogens (tertiary/aromatic N) is 1. The number of alkyl halides is 2. The van der Waals surface area contributed by atoms with Gasteiger partial charge in [0.2, 0.25) is 0 Å². The molecule has 6 heteroatoms. The smallest absolute Gasteiger partial charge is 0.338 e. The number of ether oxygens (including phenoxy) is 1. The van der Waals surface area contributed by atoms with Crippen LogP contribution in [-0.2, 0) is 4.74 Å². The first-order valence-corrected chi connectivity index (χ1v) is 4.70. The zero-order chi connectivity index (χ0) is 13.0. The fourth-order valence-electron chi connectivity index (χ4n) is 1.22. The molecule has 0 aliphatic rings. The number of carbonyl (C=O) groups excluding carboxylic acids is 1. The first-order valence-electron chi connectivity index (χ1n) is 4.70. The summed E-state index contributed by atoms with van der Waals surface area (Å²) in [6, 6.07) is 2.99. The van der Waals surface area contributed by atoms with Crippen molar-refractivity contribution in [1.29, 1.82) is 5.26 Å². The average molecular weight is 243 g/mol. The Morgan fingerprint density at radius 1 is 1.53 bits per heavy atom. The predicted octanol–water partition coefficient (Wildman–Crippen LogP) is 2.81. The molecule has 0 unspecified atom stereocenters. The molecule has 1 rings (SSSR count). The van der Waals surface area contributed by atoms with E-state index in [4.69, 9.17) is 5.26 Å². The second-order valence-corrected chi connectivity index (χ2v) is 3.06. The minimum Gasteiger partial charge on any atom is -0.462 e. The Morgan fingerprint density at radius 2 is 2.18 bits per heavy atom. The van der Waals surface area contributed by atoms with Crippen LogP contribution in [0.15, 0.2) is 12.1 Å². The summed E-state index contributed by atoms with van der Waals surface area (Å²) in [5, 5.41) is 8.57. The largest absolute Gasteiger partial charge is 0.462 e. The van der Waals surface area contributed by atoms with Gasteiger partial charge >= 0.3 is 5.97 Å². The maximum Gasteiger partial charge on any atom is 0.338 e. The molecule has 1 aromatic rings. The van der Waals surface area contributed by atoms with Crippen LogP contribution in [0.5, 0.6) is 0 Å². The van der Waals surface area contributed by atoms with Crippen LogP contribution < -0.4 is 0 Å². The third-order valence-electron chi connectivity index (χ3n) is 1.97. The summed E-state index contributed by atoms with van der Waals surface area (Å²) < 4.78 is 42.8. The van der Waals surface area contributed by atoms with Gasteiger partial charge in [0.05, 0.1) is 23.3 Å². The molecule has 0 heterocycles. The SMILES string of the molecule is CCOC(=O)c1cc(C#N)c(F)c(C(F)F)c1. The molecule has 0 radical (unpaired) electrons. The highest BCUT2D eigenvalue weighted by atomic mass is 19.3. The van der Waals surface area contributed by atoms with Crippen LogP contribution in [0.2, 0.25) is 0 Å². The molecular weight excluding hydrogens is 235 g/mol. The number of rotatable bonds is 3. The summed E-state index contributed by atoms with van der Waals surface area (Å²) in [5.74, 6) is -2.18. The standard InChI is InChI=1S/C11H8F3NO2/c1-2-17-11(16)6-3-7(5-15)9(12)8(4-6)10(13)14/h3-4,10H,2H2,1H3. The second-order valence-electron chi connectivity index (χ2n) is 3.06. The van der Waals surface area contributed by atoms with E-state index in [0.717, 1.165) is 6.07 Å². The number of carbonyl (C=O) groups is 1. The highest BCUT2D eigenvalue weighted by Crippen LogP contribution is 2.26. The van der Waals surface area contributed by atoms with E-state index in [-0.39, 0.29) is 12.2 Å². The van der Waals surface area contributed by atoms with Crippen molar-refractivity contribution in [3.8, 4) is 6.07 Å². The minimum absolute atomic E-state index is 0.0576. The summed E-state index contributed by atoms with van der Waals surface area (Å²) in [7, 11) is 0. The Balaban J connectivity index is 3.31. The third kappa shape index (κ3) is 2.75. The van der Waals surface area contributed by atoms with Crippen LogP contribution in [0.3, 0.4) is 0 Å². The van der Waals surface area contributed by atoms with Crippen LogP contribution in [0.4, 0.5) is 13.2 Å². The average Bonchev–Trinajstić information content (AvgIpc) is 2.29. The lowest BCUT2D eigenvalue weighted by Crippen LogP contribution is -2.07. The zero-order valence-electron chi connectivity index (χ0n) is 8.84. The number of hydrogen-bond donors (Lipinski definition) is 0. The van der Waals surface area contributed by atoms with E-state index in [9.17, 15) is 18.0 Å². The molecular formula is C11H8F3NO2. The lowest BCUT2D eigenvalue weighted by Gasteiger charge is -2.07. The van der Waals surface area contributed by atoms with Gasteiger partial charge in [0.1, 0.15) is 11.9 Å². The van der Waals surface area contributed by atoms with E-state index in [2.05, 4.69) is 4.74 Å². The highest BCUT2D eigenvalue weighted by Gasteiger charge is 2.21. The quantitative estimate of drug-likeness (QED) is 0.767. The van der Waals surface area contributed by atoms with Gasteiger partial charge in [0.25, 0.3) is 6.43 Å². The van der Waals surface area contributed by atoms with E-state index in [1.807, 2.05) is 0 Å². The van der Waals surface area contributed by atoms with Crippen molar-refractivity contribution in [3.05, 3.63) is 34.6 Å². The van der Waals surface area contributed by atoms with E-state index < -0.39 is 29.3 Å². The summed E-state index contributed by atoms with van der Waals surface area (Å²) >= 11 is 0. The summed E-state index contributed by atoms with van der Waals surface area (Å²) in [6.45, 7) is 1.60. The Labute approximate surface area is 95.4 Å². The van der Waals surface area contributed by atoms with Crippen molar-refractivity contribution in [2.75, 3.05) is 6.61 Å². The monoisotopic (exact) mass is 243 g/mol. The summed E-state index contributed by atoms with van der Waals surface area (Å²) in [5.41, 5.74) is -1.85. The molecule has 0 aliphatic carbocycles.